The van der Waals surface area contributed by atoms with E-state index in [0.29, 0.717) is 33.4 Å². The maximum Gasteiger partial charge on any atom is 0.350 e. The number of hydrogen-bond donors (Lipinski definition) is 2. The van der Waals surface area contributed by atoms with Crippen LogP contribution in [0.2, 0.25) is 0 Å². The number of rotatable bonds is 5. The Hall–Kier alpha value is -2.35. The van der Waals surface area contributed by atoms with Gasteiger partial charge in [-0.25, -0.2) is 9.18 Å². The van der Waals surface area contributed by atoms with E-state index in [0.717, 1.165) is 38.9 Å². The number of fused-ring (bicyclic) bond motifs is 1. The third-order valence-corrected chi connectivity index (χ3v) is 6.25. The van der Waals surface area contributed by atoms with Gasteiger partial charge in [-0.15, -0.1) is 0 Å². The van der Waals surface area contributed by atoms with Crippen molar-refractivity contribution in [2.45, 2.75) is 52.1 Å². The molecule has 0 bridgehead atoms. The topological polar surface area (TPSA) is 85.3 Å². The van der Waals surface area contributed by atoms with E-state index in [1.165, 1.54) is 6.07 Å². The van der Waals surface area contributed by atoms with Crippen LogP contribution in [0.4, 0.5) is 10.1 Å². The molecule has 2 heterocycles. The molecule has 2 aromatic rings. The molecule has 4 rings (SSSR count). The van der Waals surface area contributed by atoms with Crippen molar-refractivity contribution in [1.82, 2.24) is 14.6 Å². The molecule has 2 atom stereocenters. The quantitative estimate of drug-likeness (QED) is 0.757. The lowest BCUT2D eigenvalue weighted by Gasteiger charge is -2.25. The highest BCUT2D eigenvalue weighted by Gasteiger charge is 2.33. The van der Waals surface area contributed by atoms with Gasteiger partial charge in [-0.05, 0) is 51.6 Å². The Bertz CT molecular complexity index is 1040. The number of halogens is 1. The second-order valence-corrected chi connectivity index (χ2v) is 8.13. The van der Waals surface area contributed by atoms with Gasteiger partial charge in [-0.3, -0.25) is 9.36 Å². The van der Waals surface area contributed by atoms with Crippen LogP contribution >= 0.6 is 0 Å². The first-order chi connectivity index (χ1) is 13.3. The Morgan fingerprint density at radius 3 is 2.68 bits per heavy atom. The van der Waals surface area contributed by atoms with Gasteiger partial charge < -0.3 is 16.1 Å². The molecule has 2 aliphatic rings. The number of aromatic nitrogens is 2. The molecule has 152 valence electrons. The molecule has 2 fully saturated rings. The van der Waals surface area contributed by atoms with Crippen molar-refractivity contribution in [2.24, 2.45) is 5.92 Å². The maximum atomic E-state index is 15.1. The molecule has 28 heavy (non-hydrogen) atoms. The van der Waals surface area contributed by atoms with Gasteiger partial charge in [-0.1, -0.05) is 6.92 Å². The van der Waals surface area contributed by atoms with Gasteiger partial charge in [0.05, 0.1) is 16.6 Å². The molecule has 3 N–H and O–H groups in total. The third-order valence-electron chi connectivity index (χ3n) is 6.25. The van der Waals surface area contributed by atoms with Crippen LogP contribution in [-0.2, 0) is 0 Å². The van der Waals surface area contributed by atoms with Crippen molar-refractivity contribution < 1.29 is 4.39 Å². The lowest BCUT2D eigenvalue weighted by atomic mass is 10.0. The van der Waals surface area contributed by atoms with Gasteiger partial charge in [0.2, 0.25) is 0 Å². The summed E-state index contributed by atoms with van der Waals surface area (Å²) in [4.78, 5) is 27.2. The van der Waals surface area contributed by atoms with Crippen LogP contribution in [0, 0.1) is 18.7 Å². The van der Waals surface area contributed by atoms with E-state index in [9.17, 15) is 9.59 Å². The zero-order chi connectivity index (χ0) is 20.2. The first kappa shape index (κ1) is 19.0. The highest BCUT2D eigenvalue weighted by Crippen LogP contribution is 2.39. The van der Waals surface area contributed by atoms with Crippen LogP contribution in [0.1, 0.15) is 44.7 Å². The summed E-state index contributed by atoms with van der Waals surface area (Å²) in [7, 11) is 0. The smallest absolute Gasteiger partial charge is 0.350 e. The number of nitrogens with one attached hydrogen (secondary N) is 1. The van der Waals surface area contributed by atoms with Gasteiger partial charge in [0.1, 0.15) is 5.82 Å². The fraction of sp³-hybridized carbons (Fsp3) is 0.600. The van der Waals surface area contributed by atoms with Crippen LogP contribution in [0.3, 0.4) is 0 Å². The largest absolute Gasteiger partial charge is 0.369 e. The van der Waals surface area contributed by atoms with Crippen molar-refractivity contribution in [2.75, 3.05) is 30.4 Å². The van der Waals surface area contributed by atoms with Crippen molar-refractivity contribution in [3.05, 3.63) is 38.3 Å². The van der Waals surface area contributed by atoms with Crippen LogP contribution in [0.25, 0.3) is 10.9 Å². The van der Waals surface area contributed by atoms with Gasteiger partial charge >= 0.3 is 5.69 Å². The first-order valence-corrected chi connectivity index (χ1v) is 10.1. The normalized spacial score (nSPS) is 20.9. The van der Waals surface area contributed by atoms with Crippen LogP contribution in [0.15, 0.2) is 15.7 Å². The zero-order valence-electron chi connectivity index (χ0n) is 16.7. The van der Waals surface area contributed by atoms with Crippen molar-refractivity contribution in [3.63, 3.8) is 0 Å². The van der Waals surface area contributed by atoms with Gasteiger partial charge in [0.15, 0.2) is 0 Å². The highest BCUT2D eigenvalue weighted by atomic mass is 19.1. The first-order valence-electron chi connectivity index (χ1n) is 10.1. The van der Waals surface area contributed by atoms with Crippen LogP contribution in [0.5, 0.6) is 0 Å². The molecule has 1 saturated carbocycles. The predicted molar refractivity (Wildman–Crippen MR) is 109 cm³/mol. The second-order valence-electron chi connectivity index (χ2n) is 8.13. The van der Waals surface area contributed by atoms with Crippen LogP contribution in [-0.4, -0.2) is 34.9 Å². The molecular formula is C20H28FN5O2. The zero-order valence-corrected chi connectivity index (χ0v) is 16.7. The molecule has 1 aliphatic carbocycles. The Morgan fingerprint density at radius 1 is 1.32 bits per heavy atom. The number of benzene rings is 1. The number of hydrogen-bond acceptors (Lipinski definition) is 5. The van der Waals surface area contributed by atoms with E-state index < -0.39 is 17.1 Å². The molecule has 1 aliphatic heterocycles. The number of nitrogen functional groups attached to an aromatic ring is 1. The van der Waals surface area contributed by atoms with Gasteiger partial charge in [0.25, 0.3) is 5.56 Å². The SMILES string of the molecule is CCN[C@@H](C)C1CCN(c2c(F)cc3c(=O)n(N)c(=O)n(C4CC4)c3c2C)C1. The second kappa shape index (κ2) is 6.92. The van der Waals surface area contributed by atoms with E-state index in [-0.39, 0.29) is 11.4 Å². The molecule has 0 radical (unpaired) electrons. The molecule has 1 unspecified atom stereocenters. The summed E-state index contributed by atoms with van der Waals surface area (Å²) >= 11 is 0. The monoisotopic (exact) mass is 389 g/mol. The maximum absolute atomic E-state index is 15.1. The minimum Gasteiger partial charge on any atom is -0.369 e. The molecule has 1 aromatic carbocycles. The van der Waals surface area contributed by atoms with Crippen molar-refractivity contribution >= 4 is 16.6 Å². The van der Waals surface area contributed by atoms with E-state index in [4.69, 9.17) is 5.84 Å². The summed E-state index contributed by atoms with van der Waals surface area (Å²) in [5.41, 5.74) is 0.500. The minimum absolute atomic E-state index is 0.0301. The van der Waals surface area contributed by atoms with E-state index in [1.54, 1.807) is 11.5 Å². The van der Waals surface area contributed by atoms with E-state index >= 15 is 4.39 Å². The standard InChI is InChI=1S/C20H28FN5O2/c1-4-23-12(3)13-7-8-24(10-13)18-11(2)17-15(9-16(18)21)19(27)26(22)20(28)25(17)14-5-6-14/h9,12-14,23H,4-8,10,22H2,1-3H3/t12-,13?/m0/s1. The molecule has 0 spiro atoms. The summed E-state index contributed by atoms with van der Waals surface area (Å²) in [5, 5.41) is 3.62. The average molecular weight is 389 g/mol. The highest BCUT2D eigenvalue weighted by molar-refractivity contribution is 5.87. The molecule has 0 amide bonds. The number of nitrogens with two attached hydrogens (primary N) is 1. The summed E-state index contributed by atoms with van der Waals surface area (Å²) in [5.74, 6) is 5.68. The molecule has 7 nitrogen and oxygen atoms in total. The fourth-order valence-corrected chi connectivity index (χ4v) is 4.61. The Kier molecular flexibility index (Phi) is 4.69. The van der Waals surface area contributed by atoms with Crippen LogP contribution < -0.4 is 27.3 Å². The lowest BCUT2D eigenvalue weighted by Crippen LogP contribution is -2.44. The lowest BCUT2D eigenvalue weighted by molar-refractivity contribution is 0.410. The van der Waals surface area contributed by atoms with Crippen molar-refractivity contribution in [3.8, 4) is 0 Å². The molecule has 1 aromatic heterocycles. The number of anilines is 1. The van der Waals surface area contributed by atoms with E-state index in [2.05, 4.69) is 24.1 Å². The molecule has 8 heteroatoms. The third kappa shape index (κ3) is 2.90. The summed E-state index contributed by atoms with van der Waals surface area (Å²) < 4.78 is 17.3. The summed E-state index contributed by atoms with van der Waals surface area (Å²) in [6, 6.07) is 1.64. The Balaban J connectivity index is 1.85. The Morgan fingerprint density at radius 2 is 2.04 bits per heavy atom. The van der Waals surface area contributed by atoms with Gasteiger partial charge in [0, 0.05) is 30.7 Å². The summed E-state index contributed by atoms with van der Waals surface area (Å²) in [6.45, 7) is 8.46. The molecule has 1 saturated heterocycles. The number of nitrogens with zero attached hydrogens (tertiary/aromatic N) is 3. The molecular weight excluding hydrogens is 361 g/mol. The van der Waals surface area contributed by atoms with Gasteiger partial charge in [-0.2, -0.15) is 4.68 Å². The summed E-state index contributed by atoms with van der Waals surface area (Å²) in [6.07, 6.45) is 2.71. The predicted octanol–water partition coefficient (Wildman–Crippen LogP) is 1.48. The fourth-order valence-electron chi connectivity index (χ4n) is 4.61. The Labute approximate surface area is 162 Å². The van der Waals surface area contributed by atoms with Crippen molar-refractivity contribution in [1.29, 1.82) is 0 Å². The van der Waals surface area contributed by atoms with E-state index in [1.807, 2.05) is 0 Å². The average Bonchev–Trinajstić information content (AvgIpc) is 3.38. The minimum atomic E-state index is -0.648. The number of aryl methyl sites for hydroxylation is 1.